The lowest BCUT2D eigenvalue weighted by Gasteiger charge is -2.17. The largest absolute Gasteiger partial charge is 0.478 e. The Kier molecular flexibility index (Phi) is 7.98. The van der Waals surface area contributed by atoms with E-state index in [9.17, 15) is 14.7 Å². The molecule has 1 aromatic heterocycles. The molecular formula is C29H28ClN3O3. The lowest BCUT2D eigenvalue weighted by atomic mass is 10.00. The number of aromatic nitrogens is 1. The molecule has 0 spiro atoms. The van der Waals surface area contributed by atoms with Gasteiger partial charge in [0.2, 0.25) is 0 Å². The third-order valence-corrected chi connectivity index (χ3v) is 6.43. The van der Waals surface area contributed by atoms with Crippen molar-refractivity contribution in [3.8, 4) is 0 Å². The van der Waals surface area contributed by atoms with Crippen molar-refractivity contribution in [3.05, 3.63) is 111 Å². The van der Waals surface area contributed by atoms with E-state index in [0.717, 1.165) is 35.1 Å². The maximum Gasteiger partial charge on any atom is 0.336 e. The quantitative estimate of drug-likeness (QED) is 0.300. The van der Waals surface area contributed by atoms with E-state index in [4.69, 9.17) is 17.3 Å². The molecule has 1 atom stereocenters. The van der Waals surface area contributed by atoms with Gasteiger partial charge in [0.25, 0.3) is 5.91 Å². The smallest absolute Gasteiger partial charge is 0.336 e. The van der Waals surface area contributed by atoms with Gasteiger partial charge in [-0.25, -0.2) is 9.78 Å². The van der Waals surface area contributed by atoms with E-state index in [2.05, 4.69) is 10.3 Å². The molecule has 7 heteroatoms. The van der Waals surface area contributed by atoms with Crippen LogP contribution in [0.4, 0.5) is 0 Å². The number of carboxylic acids is 1. The zero-order valence-corrected chi connectivity index (χ0v) is 20.8. The van der Waals surface area contributed by atoms with Crippen molar-refractivity contribution in [3.63, 3.8) is 0 Å². The van der Waals surface area contributed by atoms with Crippen LogP contribution in [-0.2, 0) is 19.3 Å². The van der Waals surface area contributed by atoms with Gasteiger partial charge in [-0.1, -0.05) is 59.6 Å². The van der Waals surface area contributed by atoms with E-state index in [1.54, 1.807) is 6.07 Å². The first-order valence-corrected chi connectivity index (χ1v) is 12.2. The van der Waals surface area contributed by atoms with Gasteiger partial charge in [0.1, 0.15) is 5.69 Å². The van der Waals surface area contributed by atoms with Gasteiger partial charge in [-0.05, 0) is 73.2 Å². The molecule has 0 saturated heterocycles. The molecule has 4 rings (SSSR count). The van der Waals surface area contributed by atoms with Crippen LogP contribution >= 0.6 is 11.6 Å². The lowest BCUT2D eigenvalue weighted by molar-refractivity contribution is 0.0699. The van der Waals surface area contributed by atoms with Crippen LogP contribution in [0, 0.1) is 6.92 Å². The van der Waals surface area contributed by atoms with Crippen LogP contribution in [0.5, 0.6) is 0 Å². The number of nitrogens with two attached hydrogens (primary N) is 1. The molecule has 184 valence electrons. The molecule has 0 fully saturated rings. The second kappa shape index (κ2) is 11.3. The standard InChI is InChI=1S/C29H28ClN3O3/c1-18-2-4-20(5-3-18)14-23(17-31)32-28(34)27-16-25(29(35)36)24-15-21(10-13-26(24)33-27)7-6-19-8-11-22(30)12-9-19/h2-5,8-13,15-16,23H,6-7,14,17,31H2,1H3,(H,32,34)(H,35,36)/t23-/m0/s1. The molecular weight excluding hydrogens is 474 g/mol. The van der Waals surface area contributed by atoms with Crippen molar-refractivity contribution >= 4 is 34.4 Å². The molecule has 4 aromatic rings. The first-order valence-electron chi connectivity index (χ1n) is 11.8. The van der Waals surface area contributed by atoms with Crippen LogP contribution in [0.25, 0.3) is 10.9 Å². The van der Waals surface area contributed by atoms with Gasteiger partial charge in [0.15, 0.2) is 0 Å². The summed E-state index contributed by atoms with van der Waals surface area (Å²) in [4.78, 5) is 29.5. The van der Waals surface area contributed by atoms with Gasteiger partial charge in [-0.3, -0.25) is 4.79 Å². The Morgan fingerprint density at radius 1 is 0.944 bits per heavy atom. The number of halogens is 1. The number of nitrogens with zero attached hydrogens (tertiary/aromatic N) is 1. The zero-order valence-electron chi connectivity index (χ0n) is 20.0. The predicted octanol–water partition coefficient (Wildman–Crippen LogP) is 4.98. The summed E-state index contributed by atoms with van der Waals surface area (Å²) in [6, 6.07) is 22.2. The van der Waals surface area contributed by atoms with Gasteiger partial charge in [-0.2, -0.15) is 0 Å². The van der Waals surface area contributed by atoms with E-state index in [1.165, 1.54) is 6.07 Å². The fourth-order valence-electron chi connectivity index (χ4n) is 4.12. The number of hydrogen-bond donors (Lipinski definition) is 3. The molecule has 6 nitrogen and oxygen atoms in total. The first-order chi connectivity index (χ1) is 17.3. The molecule has 1 amide bonds. The number of nitrogens with one attached hydrogen (secondary N) is 1. The molecule has 3 aromatic carbocycles. The van der Waals surface area contributed by atoms with Gasteiger partial charge < -0.3 is 16.2 Å². The topological polar surface area (TPSA) is 105 Å². The molecule has 1 heterocycles. The Balaban J connectivity index is 1.54. The van der Waals surface area contributed by atoms with Crippen molar-refractivity contribution in [2.75, 3.05) is 6.54 Å². The Labute approximate surface area is 215 Å². The van der Waals surface area contributed by atoms with Gasteiger partial charge in [0, 0.05) is 23.0 Å². The van der Waals surface area contributed by atoms with Crippen LogP contribution in [-0.4, -0.2) is 34.6 Å². The minimum Gasteiger partial charge on any atom is -0.478 e. The second-order valence-corrected chi connectivity index (χ2v) is 9.37. The number of carboxylic acid groups (broad SMARTS) is 1. The van der Waals surface area contributed by atoms with Crippen LogP contribution in [0.3, 0.4) is 0 Å². The molecule has 0 aliphatic rings. The molecule has 0 saturated carbocycles. The monoisotopic (exact) mass is 501 g/mol. The number of carbonyl (C=O) groups is 2. The predicted molar refractivity (Wildman–Crippen MR) is 143 cm³/mol. The molecule has 0 aliphatic carbocycles. The lowest BCUT2D eigenvalue weighted by Crippen LogP contribution is -2.42. The van der Waals surface area contributed by atoms with E-state index >= 15 is 0 Å². The maximum atomic E-state index is 13.0. The number of carbonyl (C=O) groups excluding carboxylic acids is 1. The summed E-state index contributed by atoms with van der Waals surface area (Å²) in [6.07, 6.45) is 2.09. The van der Waals surface area contributed by atoms with Gasteiger partial charge in [-0.15, -0.1) is 0 Å². The van der Waals surface area contributed by atoms with E-state index in [1.807, 2.05) is 67.6 Å². The van der Waals surface area contributed by atoms with Gasteiger partial charge >= 0.3 is 5.97 Å². The highest BCUT2D eigenvalue weighted by Crippen LogP contribution is 2.22. The van der Waals surface area contributed by atoms with E-state index < -0.39 is 11.9 Å². The number of pyridine rings is 1. The first kappa shape index (κ1) is 25.4. The molecule has 0 unspecified atom stereocenters. The van der Waals surface area contributed by atoms with Crippen LogP contribution < -0.4 is 11.1 Å². The highest BCUT2D eigenvalue weighted by atomic mass is 35.5. The van der Waals surface area contributed by atoms with Crippen LogP contribution in [0.15, 0.2) is 72.8 Å². The van der Waals surface area contributed by atoms with Crippen molar-refractivity contribution in [1.29, 1.82) is 0 Å². The van der Waals surface area contributed by atoms with Crippen molar-refractivity contribution in [2.45, 2.75) is 32.2 Å². The Morgan fingerprint density at radius 2 is 1.58 bits per heavy atom. The van der Waals surface area contributed by atoms with Crippen molar-refractivity contribution in [1.82, 2.24) is 10.3 Å². The molecule has 0 aliphatic heterocycles. The number of amides is 1. The zero-order chi connectivity index (χ0) is 25.7. The Hall–Kier alpha value is -3.74. The third kappa shape index (κ3) is 6.27. The number of rotatable bonds is 9. The average molecular weight is 502 g/mol. The number of benzene rings is 3. The second-order valence-electron chi connectivity index (χ2n) is 8.93. The highest BCUT2D eigenvalue weighted by Gasteiger charge is 2.19. The summed E-state index contributed by atoms with van der Waals surface area (Å²) >= 11 is 5.96. The van der Waals surface area contributed by atoms with Crippen LogP contribution in [0.2, 0.25) is 5.02 Å². The normalized spacial score (nSPS) is 11.9. The number of aryl methyl sites for hydroxylation is 3. The summed E-state index contributed by atoms with van der Waals surface area (Å²) in [7, 11) is 0. The Bertz CT molecular complexity index is 1390. The Morgan fingerprint density at radius 3 is 2.25 bits per heavy atom. The summed E-state index contributed by atoms with van der Waals surface area (Å²) in [5, 5.41) is 14.0. The molecule has 0 bridgehead atoms. The minimum atomic E-state index is -1.11. The highest BCUT2D eigenvalue weighted by molar-refractivity contribution is 6.30. The molecule has 4 N–H and O–H groups in total. The third-order valence-electron chi connectivity index (χ3n) is 6.17. The fraction of sp³-hybridized carbons (Fsp3) is 0.207. The maximum absolute atomic E-state index is 13.0. The number of fused-ring (bicyclic) bond motifs is 1. The summed E-state index contributed by atoms with van der Waals surface area (Å²) in [6.45, 7) is 2.26. The van der Waals surface area contributed by atoms with Crippen molar-refractivity contribution < 1.29 is 14.7 Å². The molecule has 36 heavy (non-hydrogen) atoms. The summed E-state index contributed by atoms with van der Waals surface area (Å²) in [5.41, 5.74) is 10.8. The van der Waals surface area contributed by atoms with E-state index in [-0.39, 0.29) is 23.8 Å². The number of aromatic carboxylic acids is 1. The fourth-order valence-corrected chi connectivity index (χ4v) is 4.25. The van der Waals surface area contributed by atoms with Crippen molar-refractivity contribution in [2.24, 2.45) is 5.73 Å². The SMILES string of the molecule is Cc1ccc(C[C@@H](CN)NC(=O)c2cc(C(=O)O)c3cc(CCc4ccc(Cl)cc4)ccc3n2)cc1. The van der Waals surface area contributed by atoms with Crippen LogP contribution in [0.1, 0.15) is 43.1 Å². The number of hydrogen-bond acceptors (Lipinski definition) is 4. The van der Waals surface area contributed by atoms with E-state index in [0.29, 0.717) is 22.3 Å². The molecule has 0 radical (unpaired) electrons. The minimum absolute atomic E-state index is 0.0429. The van der Waals surface area contributed by atoms with Gasteiger partial charge in [0.05, 0.1) is 11.1 Å². The summed E-state index contributed by atoms with van der Waals surface area (Å²) < 4.78 is 0. The average Bonchev–Trinajstić information content (AvgIpc) is 2.88. The summed E-state index contributed by atoms with van der Waals surface area (Å²) in [5.74, 6) is -1.56.